The van der Waals surface area contributed by atoms with E-state index < -0.39 is 0 Å². The number of piperazine rings is 1. The van der Waals surface area contributed by atoms with Crippen molar-refractivity contribution in [1.82, 2.24) is 19.8 Å². The van der Waals surface area contributed by atoms with Gasteiger partial charge in [0.1, 0.15) is 0 Å². The largest absolute Gasteiger partial charge is 0.345 e. The van der Waals surface area contributed by atoms with Gasteiger partial charge in [0.2, 0.25) is 5.91 Å². The quantitative estimate of drug-likeness (QED) is 0.872. The van der Waals surface area contributed by atoms with E-state index >= 15 is 0 Å². The van der Waals surface area contributed by atoms with E-state index in [2.05, 4.69) is 9.97 Å². The van der Waals surface area contributed by atoms with Gasteiger partial charge in [-0.05, 0) is 43.9 Å². The van der Waals surface area contributed by atoms with E-state index in [-0.39, 0.29) is 11.8 Å². The Morgan fingerprint density at radius 1 is 1.16 bits per heavy atom. The molecule has 1 N–H and O–H groups in total. The molecule has 2 amide bonds. The summed E-state index contributed by atoms with van der Waals surface area (Å²) in [5.74, 6) is 0.702. The van der Waals surface area contributed by atoms with Crippen LogP contribution in [0.25, 0.3) is 11.0 Å². The molecule has 1 aliphatic heterocycles. The van der Waals surface area contributed by atoms with Gasteiger partial charge in [0, 0.05) is 37.8 Å². The zero-order valence-corrected chi connectivity index (χ0v) is 14.4. The predicted molar refractivity (Wildman–Crippen MR) is 95.1 cm³/mol. The molecule has 2 heterocycles. The van der Waals surface area contributed by atoms with Crippen LogP contribution < -0.4 is 0 Å². The van der Waals surface area contributed by atoms with Crippen molar-refractivity contribution in [3.05, 3.63) is 41.7 Å². The van der Waals surface area contributed by atoms with Gasteiger partial charge in [-0.3, -0.25) is 9.59 Å². The average Bonchev–Trinajstić information content (AvgIpc) is 3.39. The normalized spacial score (nSPS) is 18.7. The monoisotopic (exact) mass is 338 g/mol. The Morgan fingerprint density at radius 3 is 2.60 bits per heavy atom. The molecular weight excluding hydrogens is 316 g/mol. The maximum absolute atomic E-state index is 12.7. The number of allylic oxidation sites excluding steroid dienone is 1. The minimum absolute atomic E-state index is 0.00769. The molecule has 1 aliphatic carbocycles. The molecule has 130 valence electrons. The highest BCUT2D eigenvalue weighted by Gasteiger charge is 2.27. The van der Waals surface area contributed by atoms with E-state index in [0.29, 0.717) is 37.7 Å². The lowest BCUT2D eigenvalue weighted by Gasteiger charge is -2.34. The standard InChI is InChI=1S/C19H22N4O2/c1-13(14-2-3-14)10-18(24)22-6-8-23(9-7-22)19(25)15-4-5-16-17(11-15)21-12-20-16/h4-5,10-12,14H,2-3,6-9H2,1H3,(H,20,21). The summed E-state index contributed by atoms with van der Waals surface area (Å²) >= 11 is 0. The Balaban J connectivity index is 1.38. The van der Waals surface area contributed by atoms with Crippen molar-refractivity contribution in [2.45, 2.75) is 19.8 Å². The number of rotatable bonds is 3. The fraction of sp³-hybridized carbons (Fsp3) is 0.421. The molecule has 2 aromatic rings. The number of amides is 2. The molecule has 2 aliphatic rings. The van der Waals surface area contributed by atoms with Crippen LogP contribution in [0, 0.1) is 5.92 Å². The SMILES string of the molecule is CC(=CC(=O)N1CCN(C(=O)c2ccc3nc[nH]c3c2)CC1)C1CC1. The Morgan fingerprint density at radius 2 is 1.88 bits per heavy atom. The Kier molecular flexibility index (Phi) is 4.03. The van der Waals surface area contributed by atoms with E-state index in [1.807, 2.05) is 34.9 Å². The number of hydrogen-bond donors (Lipinski definition) is 1. The number of hydrogen-bond acceptors (Lipinski definition) is 3. The van der Waals surface area contributed by atoms with Crippen LogP contribution in [0.2, 0.25) is 0 Å². The zero-order chi connectivity index (χ0) is 17.4. The molecule has 4 rings (SSSR count). The van der Waals surface area contributed by atoms with Crippen molar-refractivity contribution < 1.29 is 9.59 Å². The summed E-state index contributed by atoms with van der Waals surface area (Å²) in [5, 5.41) is 0. The highest BCUT2D eigenvalue weighted by molar-refractivity contribution is 5.97. The maximum atomic E-state index is 12.7. The van der Waals surface area contributed by atoms with Gasteiger partial charge in [-0.1, -0.05) is 5.57 Å². The van der Waals surface area contributed by atoms with Crippen LogP contribution >= 0.6 is 0 Å². The maximum Gasteiger partial charge on any atom is 0.254 e. The second kappa shape index (κ2) is 6.35. The second-order valence-electron chi connectivity index (χ2n) is 6.91. The smallest absolute Gasteiger partial charge is 0.254 e. The lowest BCUT2D eigenvalue weighted by atomic mass is 10.1. The number of benzene rings is 1. The summed E-state index contributed by atoms with van der Waals surface area (Å²) < 4.78 is 0. The number of imidazole rings is 1. The molecular formula is C19H22N4O2. The van der Waals surface area contributed by atoms with Crippen LogP contribution in [0.3, 0.4) is 0 Å². The van der Waals surface area contributed by atoms with Gasteiger partial charge in [0.25, 0.3) is 5.91 Å². The van der Waals surface area contributed by atoms with Crippen molar-refractivity contribution in [2.24, 2.45) is 5.92 Å². The van der Waals surface area contributed by atoms with E-state index in [9.17, 15) is 9.59 Å². The third-order valence-corrected chi connectivity index (χ3v) is 5.12. The van der Waals surface area contributed by atoms with E-state index in [4.69, 9.17) is 0 Å². The Hall–Kier alpha value is -2.63. The van der Waals surface area contributed by atoms with Crippen molar-refractivity contribution in [1.29, 1.82) is 0 Å². The molecule has 1 aromatic carbocycles. The van der Waals surface area contributed by atoms with Crippen molar-refractivity contribution in [3.63, 3.8) is 0 Å². The Labute approximate surface area is 146 Å². The number of carbonyl (C=O) groups excluding carboxylic acids is 2. The van der Waals surface area contributed by atoms with Crippen LogP contribution in [0.1, 0.15) is 30.1 Å². The molecule has 0 unspecified atom stereocenters. The topological polar surface area (TPSA) is 69.3 Å². The van der Waals surface area contributed by atoms with E-state index in [1.54, 1.807) is 12.4 Å². The fourth-order valence-corrected chi connectivity index (χ4v) is 3.32. The molecule has 1 saturated carbocycles. The number of nitrogens with zero attached hydrogens (tertiary/aromatic N) is 3. The van der Waals surface area contributed by atoms with E-state index in [0.717, 1.165) is 11.0 Å². The van der Waals surface area contributed by atoms with Gasteiger partial charge in [0.05, 0.1) is 17.4 Å². The van der Waals surface area contributed by atoms with Crippen molar-refractivity contribution in [3.8, 4) is 0 Å². The van der Waals surface area contributed by atoms with Gasteiger partial charge in [-0.15, -0.1) is 0 Å². The first kappa shape index (κ1) is 15.9. The van der Waals surface area contributed by atoms with Gasteiger partial charge in [-0.2, -0.15) is 0 Å². The van der Waals surface area contributed by atoms with Crippen molar-refractivity contribution in [2.75, 3.05) is 26.2 Å². The number of aromatic nitrogens is 2. The summed E-state index contributed by atoms with van der Waals surface area (Å²) in [6, 6.07) is 5.50. The second-order valence-corrected chi connectivity index (χ2v) is 6.91. The summed E-state index contributed by atoms with van der Waals surface area (Å²) in [4.78, 5) is 35.9. The third kappa shape index (κ3) is 3.29. The summed E-state index contributed by atoms with van der Waals surface area (Å²) in [7, 11) is 0. The summed E-state index contributed by atoms with van der Waals surface area (Å²) in [6.45, 7) is 4.36. The van der Waals surface area contributed by atoms with Gasteiger partial charge >= 0.3 is 0 Å². The van der Waals surface area contributed by atoms with Crippen LogP contribution in [0.15, 0.2) is 36.2 Å². The highest BCUT2D eigenvalue weighted by Crippen LogP contribution is 2.36. The third-order valence-electron chi connectivity index (χ3n) is 5.12. The molecule has 6 heteroatoms. The summed E-state index contributed by atoms with van der Waals surface area (Å²) in [5.41, 5.74) is 3.56. The van der Waals surface area contributed by atoms with Gasteiger partial charge < -0.3 is 14.8 Å². The first-order valence-electron chi connectivity index (χ1n) is 8.81. The van der Waals surface area contributed by atoms with Gasteiger partial charge in [-0.25, -0.2) is 4.98 Å². The number of nitrogens with one attached hydrogen (secondary N) is 1. The minimum atomic E-state index is 0.00769. The fourth-order valence-electron chi connectivity index (χ4n) is 3.32. The van der Waals surface area contributed by atoms with E-state index in [1.165, 1.54) is 18.4 Å². The number of fused-ring (bicyclic) bond motifs is 1. The lowest BCUT2D eigenvalue weighted by molar-refractivity contribution is -0.127. The lowest BCUT2D eigenvalue weighted by Crippen LogP contribution is -2.50. The molecule has 2 fully saturated rings. The molecule has 0 bridgehead atoms. The number of carbonyl (C=O) groups is 2. The Bertz CT molecular complexity index is 842. The molecule has 6 nitrogen and oxygen atoms in total. The van der Waals surface area contributed by atoms with Crippen LogP contribution in [0.5, 0.6) is 0 Å². The molecule has 25 heavy (non-hydrogen) atoms. The molecule has 0 radical (unpaired) electrons. The van der Waals surface area contributed by atoms with Crippen LogP contribution in [-0.2, 0) is 4.79 Å². The number of H-pyrrole nitrogens is 1. The van der Waals surface area contributed by atoms with Crippen molar-refractivity contribution >= 4 is 22.8 Å². The zero-order valence-electron chi connectivity index (χ0n) is 14.4. The molecule has 1 saturated heterocycles. The minimum Gasteiger partial charge on any atom is -0.345 e. The first-order chi connectivity index (χ1) is 12.1. The molecule has 1 aromatic heterocycles. The molecule has 0 atom stereocenters. The first-order valence-corrected chi connectivity index (χ1v) is 8.81. The summed E-state index contributed by atoms with van der Waals surface area (Å²) in [6.07, 6.45) is 5.82. The van der Waals surface area contributed by atoms with Crippen LogP contribution in [-0.4, -0.2) is 57.8 Å². The number of aromatic amines is 1. The molecule has 0 spiro atoms. The average molecular weight is 338 g/mol. The highest BCUT2D eigenvalue weighted by atomic mass is 16.2. The van der Waals surface area contributed by atoms with Crippen LogP contribution in [0.4, 0.5) is 0 Å². The van der Waals surface area contributed by atoms with Gasteiger partial charge in [0.15, 0.2) is 0 Å². The predicted octanol–water partition coefficient (Wildman–Crippen LogP) is 2.20.